The van der Waals surface area contributed by atoms with E-state index in [4.69, 9.17) is 4.74 Å². The zero-order valence-corrected chi connectivity index (χ0v) is 13.8. The van der Waals surface area contributed by atoms with Crippen LogP contribution >= 0.6 is 0 Å². The van der Waals surface area contributed by atoms with Gasteiger partial charge in [-0.1, -0.05) is 0 Å². The summed E-state index contributed by atoms with van der Waals surface area (Å²) in [5, 5.41) is 9.26. The highest BCUT2D eigenvalue weighted by Gasteiger charge is 2.40. The maximum absolute atomic E-state index is 13.7. The Bertz CT molecular complexity index is 658. The van der Waals surface area contributed by atoms with Crippen molar-refractivity contribution in [2.24, 2.45) is 11.8 Å². The number of piperidine rings is 1. The molecule has 0 saturated carbocycles. The molecule has 0 spiro atoms. The third-order valence-corrected chi connectivity index (χ3v) is 5.16. The second kappa shape index (κ2) is 7.47. The summed E-state index contributed by atoms with van der Waals surface area (Å²) < 4.78 is 32.5. The van der Waals surface area contributed by atoms with Gasteiger partial charge in [-0.15, -0.1) is 0 Å². The first-order valence-corrected chi connectivity index (χ1v) is 8.52. The van der Waals surface area contributed by atoms with Crippen LogP contribution in [0, 0.1) is 23.5 Å². The SMILES string of the molecule is O=C(O)C1CCO[C@H]1C1CCN(C(=O)Cc2cc(F)ccc2F)CC1. The van der Waals surface area contributed by atoms with Gasteiger partial charge in [-0.05, 0) is 43.4 Å². The van der Waals surface area contributed by atoms with Crippen molar-refractivity contribution in [1.29, 1.82) is 0 Å². The topological polar surface area (TPSA) is 66.8 Å². The standard InChI is InChI=1S/C18H21F2NO4/c19-13-1-2-15(20)12(9-13)10-16(22)21-6-3-11(4-7-21)17-14(18(23)24)5-8-25-17/h1-2,9,11,14,17H,3-8,10H2,(H,23,24)/t14?,17-/m0/s1. The van der Waals surface area contributed by atoms with Gasteiger partial charge >= 0.3 is 5.97 Å². The first-order chi connectivity index (χ1) is 12.0. The Morgan fingerprint density at radius 1 is 1.20 bits per heavy atom. The third kappa shape index (κ3) is 3.98. The van der Waals surface area contributed by atoms with Crippen LogP contribution in [-0.2, 0) is 20.7 Å². The molecule has 0 radical (unpaired) electrons. The minimum atomic E-state index is -0.831. The molecular weight excluding hydrogens is 332 g/mol. The molecule has 1 N–H and O–H groups in total. The number of carbonyl (C=O) groups is 2. The number of likely N-dealkylation sites (tertiary alicyclic amines) is 1. The Morgan fingerprint density at radius 2 is 1.92 bits per heavy atom. The van der Waals surface area contributed by atoms with Gasteiger partial charge in [-0.2, -0.15) is 0 Å². The molecule has 2 atom stereocenters. The highest BCUT2D eigenvalue weighted by atomic mass is 19.1. The highest BCUT2D eigenvalue weighted by Crippen LogP contribution is 2.33. The Kier molecular flexibility index (Phi) is 5.32. The van der Waals surface area contributed by atoms with Crippen LogP contribution in [0.1, 0.15) is 24.8 Å². The van der Waals surface area contributed by atoms with E-state index in [1.807, 2.05) is 0 Å². The van der Waals surface area contributed by atoms with Crippen molar-refractivity contribution in [2.45, 2.75) is 31.8 Å². The molecule has 2 saturated heterocycles. The summed E-state index contributed by atoms with van der Waals surface area (Å²) in [6, 6.07) is 3.09. The maximum atomic E-state index is 13.7. The first-order valence-electron chi connectivity index (χ1n) is 8.52. The van der Waals surface area contributed by atoms with Gasteiger partial charge in [-0.25, -0.2) is 8.78 Å². The van der Waals surface area contributed by atoms with Gasteiger partial charge in [-0.3, -0.25) is 9.59 Å². The lowest BCUT2D eigenvalue weighted by Crippen LogP contribution is -2.43. The van der Waals surface area contributed by atoms with Crippen molar-refractivity contribution in [3.8, 4) is 0 Å². The summed E-state index contributed by atoms with van der Waals surface area (Å²) in [4.78, 5) is 25.3. The lowest BCUT2D eigenvalue weighted by Gasteiger charge is -2.35. The normalized spacial score (nSPS) is 24.5. The van der Waals surface area contributed by atoms with Gasteiger partial charge in [0.1, 0.15) is 11.6 Å². The fourth-order valence-electron chi connectivity index (χ4n) is 3.77. The van der Waals surface area contributed by atoms with Crippen molar-refractivity contribution in [1.82, 2.24) is 4.90 Å². The van der Waals surface area contributed by atoms with Crippen LogP contribution in [-0.4, -0.2) is 47.7 Å². The number of hydrogen-bond donors (Lipinski definition) is 1. The number of amides is 1. The van der Waals surface area contributed by atoms with Crippen LogP contribution in [0.25, 0.3) is 0 Å². The molecule has 0 aliphatic carbocycles. The number of ether oxygens (including phenoxy) is 1. The first kappa shape index (κ1) is 17.8. The molecule has 0 aromatic heterocycles. The molecular formula is C18H21F2NO4. The van der Waals surface area contributed by atoms with Gasteiger partial charge < -0.3 is 14.7 Å². The summed E-state index contributed by atoms with van der Waals surface area (Å²) in [5.41, 5.74) is 0.0530. The second-order valence-corrected chi connectivity index (χ2v) is 6.70. The Labute approximate surface area is 144 Å². The second-order valence-electron chi connectivity index (χ2n) is 6.70. The lowest BCUT2D eigenvalue weighted by atomic mass is 9.84. The number of carboxylic acid groups (broad SMARTS) is 1. The predicted molar refractivity (Wildman–Crippen MR) is 84.8 cm³/mol. The molecule has 1 unspecified atom stereocenters. The van der Waals surface area contributed by atoms with Gasteiger partial charge in [0, 0.05) is 25.3 Å². The molecule has 1 amide bonds. The molecule has 3 rings (SSSR count). The smallest absolute Gasteiger partial charge is 0.309 e. The molecule has 0 bridgehead atoms. The van der Waals surface area contributed by atoms with Gasteiger partial charge in [0.15, 0.2) is 0 Å². The van der Waals surface area contributed by atoms with E-state index in [9.17, 15) is 23.5 Å². The average Bonchev–Trinajstić information content (AvgIpc) is 3.08. The van der Waals surface area contributed by atoms with E-state index >= 15 is 0 Å². The molecule has 25 heavy (non-hydrogen) atoms. The van der Waals surface area contributed by atoms with Gasteiger partial charge in [0.05, 0.1) is 18.4 Å². The molecule has 7 heteroatoms. The lowest BCUT2D eigenvalue weighted by molar-refractivity contribution is -0.145. The molecule has 2 aliphatic heterocycles. The fraction of sp³-hybridized carbons (Fsp3) is 0.556. The summed E-state index contributed by atoms with van der Waals surface area (Å²) in [7, 11) is 0. The molecule has 5 nitrogen and oxygen atoms in total. The summed E-state index contributed by atoms with van der Waals surface area (Å²) in [5.74, 6) is -2.60. The Hall–Kier alpha value is -2.02. The molecule has 136 valence electrons. The Morgan fingerprint density at radius 3 is 2.60 bits per heavy atom. The maximum Gasteiger partial charge on any atom is 0.309 e. The summed E-state index contributed by atoms with van der Waals surface area (Å²) >= 11 is 0. The number of carbonyl (C=O) groups excluding carboxylic acids is 1. The molecule has 2 heterocycles. The fourth-order valence-corrected chi connectivity index (χ4v) is 3.77. The molecule has 2 aliphatic rings. The number of aliphatic carboxylic acids is 1. The van der Waals surface area contributed by atoms with Gasteiger partial charge in [0.25, 0.3) is 0 Å². The van der Waals surface area contributed by atoms with E-state index in [0.29, 0.717) is 39.0 Å². The highest BCUT2D eigenvalue weighted by molar-refractivity contribution is 5.79. The van der Waals surface area contributed by atoms with E-state index in [1.165, 1.54) is 0 Å². The minimum absolute atomic E-state index is 0.0530. The van der Waals surface area contributed by atoms with E-state index in [0.717, 1.165) is 18.2 Å². The third-order valence-electron chi connectivity index (χ3n) is 5.16. The van der Waals surface area contributed by atoms with Crippen LogP contribution in [0.3, 0.4) is 0 Å². The molecule has 2 fully saturated rings. The number of benzene rings is 1. The van der Waals surface area contributed by atoms with Gasteiger partial charge in [0.2, 0.25) is 5.91 Å². The zero-order chi connectivity index (χ0) is 18.0. The van der Waals surface area contributed by atoms with Crippen molar-refractivity contribution in [3.63, 3.8) is 0 Å². The molecule has 1 aromatic carbocycles. The zero-order valence-electron chi connectivity index (χ0n) is 13.8. The minimum Gasteiger partial charge on any atom is -0.481 e. The van der Waals surface area contributed by atoms with E-state index in [2.05, 4.69) is 0 Å². The number of halogens is 2. The van der Waals surface area contributed by atoms with Crippen molar-refractivity contribution < 1.29 is 28.2 Å². The van der Waals surface area contributed by atoms with Crippen molar-refractivity contribution in [2.75, 3.05) is 19.7 Å². The van der Waals surface area contributed by atoms with Crippen LogP contribution in [0.4, 0.5) is 8.78 Å². The number of carboxylic acids is 1. The monoisotopic (exact) mass is 353 g/mol. The van der Waals surface area contributed by atoms with Crippen molar-refractivity contribution >= 4 is 11.9 Å². The van der Waals surface area contributed by atoms with Crippen LogP contribution in [0.2, 0.25) is 0 Å². The van der Waals surface area contributed by atoms with E-state index < -0.39 is 23.5 Å². The number of hydrogen-bond acceptors (Lipinski definition) is 3. The van der Waals surface area contributed by atoms with E-state index in [1.54, 1.807) is 4.90 Å². The average molecular weight is 353 g/mol. The summed E-state index contributed by atoms with van der Waals surface area (Å²) in [6.45, 7) is 1.42. The quantitative estimate of drug-likeness (QED) is 0.901. The predicted octanol–water partition coefficient (Wildman–Crippen LogP) is 2.24. The van der Waals surface area contributed by atoms with Crippen molar-refractivity contribution in [3.05, 3.63) is 35.4 Å². The summed E-state index contributed by atoms with van der Waals surface area (Å²) in [6.07, 6.45) is 1.37. The number of rotatable bonds is 4. The molecule has 1 aromatic rings. The Balaban J connectivity index is 1.56. The number of nitrogens with zero attached hydrogens (tertiary/aromatic N) is 1. The van der Waals surface area contributed by atoms with Crippen LogP contribution in [0.15, 0.2) is 18.2 Å². The van der Waals surface area contributed by atoms with Crippen LogP contribution in [0.5, 0.6) is 0 Å². The van der Waals surface area contributed by atoms with Crippen LogP contribution < -0.4 is 0 Å². The largest absolute Gasteiger partial charge is 0.481 e. The van der Waals surface area contributed by atoms with E-state index in [-0.39, 0.29) is 29.9 Å².